The van der Waals surface area contributed by atoms with Gasteiger partial charge in [-0.15, -0.1) is 0 Å². The topological polar surface area (TPSA) is 95.9 Å². The summed E-state index contributed by atoms with van der Waals surface area (Å²) >= 11 is 5.98. The van der Waals surface area contributed by atoms with Crippen LogP contribution in [-0.4, -0.2) is 50.7 Å². The number of carboxylic acid groups (broad SMARTS) is 1. The normalized spacial score (nSPS) is 16.1. The summed E-state index contributed by atoms with van der Waals surface area (Å²) in [6.07, 6.45) is 4.50. The zero-order valence-electron chi connectivity index (χ0n) is 18.6. The van der Waals surface area contributed by atoms with Crippen LogP contribution in [0.1, 0.15) is 57.3 Å². The van der Waals surface area contributed by atoms with Crippen molar-refractivity contribution < 1.29 is 19.4 Å². The van der Waals surface area contributed by atoms with Crippen LogP contribution in [-0.2, 0) is 16.1 Å². The first-order valence-corrected chi connectivity index (χ1v) is 11.0. The standard InChI is InChI=1S/C23H29ClN4O4/c1-23(2,3)32-22(31)28-11-4-5-19(28)18-13-25-14-20(26-18)27(12-10-21(29)30)15-16-6-8-17(24)9-7-16/h6-9,13-14,19H,4-5,10-12,15H2,1-3H3,(H,29,30). The summed E-state index contributed by atoms with van der Waals surface area (Å²) in [6.45, 7) is 6.85. The van der Waals surface area contributed by atoms with Crippen LogP contribution in [0.25, 0.3) is 0 Å². The number of ether oxygens (including phenoxy) is 1. The fourth-order valence-electron chi connectivity index (χ4n) is 3.61. The van der Waals surface area contributed by atoms with Gasteiger partial charge in [0.2, 0.25) is 0 Å². The lowest BCUT2D eigenvalue weighted by molar-refractivity contribution is -0.136. The molecule has 0 saturated carbocycles. The van der Waals surface area contributed by atoms with E-state index in [1.54, 1.807) is 29.4 Å². The van der Waals surface area contributed by atoms with Gasteiger partial charge >= 0.3 is 12.1 Å². The molecule has 1 aromatic heterocycles. The second-order valence-electron chi connectivity index (χ2n) is 8.83. The fourth-order valence-corrected chi connectivity index (χ4v) is 3.74. The molecule has 1 atom stereocenters. The Bertz CT molecular complexity index is 946. The number of carbonyl (C=O) groups is 2. The van der Waals surface area contributed by atoms with E-state index in [1.807, 2.05) is 37.8 Å². The van der Waals surface area contributed by atoms with Crippen molar-refractivity contribution in [3.63, 3.8) is 0 Å². The molecule has 1 fully saturated rings. The average molecular weight is 461 g/mol. The maximum atomic E-state index is 12.7. The highest BCUT2D eigenvalue weighted by molar-refractivity contribution is 6.30. The molecule has 1 aliphatic heterocycles. The van der Waals surface area contributed by atoms with Crippen molar-refractivity contribution in [3.05, 3.63) is 52.9 Å². The smallest absolute Gasteiger partial charge is 0.410 e. The first kappa shape index (κ1) is 23.8. The van der Waals surface area contributed by atoms with Crippen molar-refractivity contribution in [2.24, 2.45) is 0 Å². The molecule has 1 saturated heterocycles. The molecule has 172 valence electrons. The Balaban J connectivity index is 1.83. The molecule has 1 unspecified atom stereocenters. The lowest BCUT2D eigenvalue weighted by Gasteiger charge is -2.29. The van der Waals surface area contributed by atoms with Gasteiger partial charge in [-0.25, -0.2) is 9.78 Å². The first-order valence-electron chi connectivity index (χ1n) is 10.6. The van der Waals surface area contributed by atoms with Crippen molar-refractivity contribution in [2.75, 3.05) is 18.0 Å². The van der Waals surface area contributed by atoms with E-state index in [2.05, 4.69) is 4.98 Å². The third-order valence-corrected chi connectivity index (χ3v) is 5.32. The van der Waals surface area contributed by atoms with Crippen LogP contribution >= 0.6 is 11.6 Å². The minimum absolute atomic E-state index is 0.0348. The number of benzene rings is 1. The second-order valence-corrected chi connectivity index (χ2v) is 9.26. The van der Waals surface area contributed by atoms with Gasteiger partial charge in [0.15, 0.2) is 0 Å². The molecule has 0 radical (unpaired) electrons. The summed E-state index contributed by atoms with van der Waals surface area (Å²) in [4.78, 5) is 36.6. The molecule has 9 heteroatoms. The Hall–Kier alpha value is -2.87. The van der Waals surface area contributed by atoms with E-state index in [0.29, 0.717) is 29.6 Å². The number of hydrogen-bond acceptors (Lipinski definition) is 6. The van der Waals surface area contributed by atoms with Gasteiger partial charge in [0, 0.05) is 24.7 Å². The number of carboxylic acids is 1. The molecule has 1 amide bonds. The molecule has 1 aliphatic rings. The second kappa shape index (κ2) is 10.2. The molecule has 0 spiro atoms. The van der Waals surface area contributed by atoms with E-state index in [0.717, 1.165) is 18.4 Å². The number of hydrogen-bond donors (Lipinski definition) is 1. The van der Waals surface area contributed by atoms with E-state index in [9.17, 15) is 14.7 Å². The van der Waals surface area contributed by atoms with Gasteiger partial charge < -0.3 is 14.7 Å². The van der Waals surface area contributed by atoms with Crippen LogP contribution in [0, 0.1) is 0 Å². The molecular formula is C23H29ClN4O4. The number of rotatable bonds is 7. The predicted octanol–water partition coefficient (Wildman–Crippen LogP) is 4.68. The molecular weight excluding hydrogens is 432 g/mol. The summed E-state index contributed by atoms with van der Waals surface area (Å²) in [5.41, 5.74) is 1.06. The van der Waals surface area contributed by atoms with E-state index < -0.39 is 11.6 Å². The van der Waals surface area contributed by atoms with Crippen LogP contribution in [0.2, 0.25) is 5.02 Å². The van der Waals surface area contributed by atoms with E-state index in [1.165, 1.54) is 0 Å². The number of nitrogens with zero attached hydrogens (tertiary/aromatic N) is 4. The number of amides is 1. The Labute approximate surface area is 193 Å². The number of anilines is 1. The quantitative estimate of drug-likeness (QED) is 0.640. The highest BCUT2D eigenvalue weighted by Crippen LogP contribution is 2.32. The van der Waals surface area contributed by atoms with Crippen LogP contribution < -0.4 is 4.90 Å². The summed E-state index contributed by atoms with van der Waals surface area (Å²) < 4.78 is 5.56. The van der Waals surface area contributed by atoms with Crippen molar-refractivity contribution in [1.29, 1.82) is 0 Å². The van der Waals surface area contributed by atoms with Gasteiger partial charge in [0.25, 0.3) is 0 Å². The van der Waals surface area contributed by atoms with E-state index in [-0.39, 0.29) is 25.1 Å². The Kier molecular flexibility index (Phi) is 7.56. The number of likely N-dealkylation sites (tertiary alicyclic amines) is 1. The van der Waals surface area contributed by atoms with Gasteiger partial charge in [0.1, 0.15) is 11.4 Å². The SMILES string of the molecule is CC(C)(C)OC(=O)N1CCCC1c1cncc(N(CCC(=O)O)Cc2ccc(Cl)cc2)n1. The monoisotopic (exact) mass is 460 g/mol. The number of carbonyl (C=O) groups excluding carboxylic acids is 1. The van der Waals surface area contributed by atoms with E-state index in [4.69, 9.17) is 21.3 Å². The summed E-state index contributed by atoms with van der Waals surface area (Å²) in [7, 11) is 0. The maximum absolute atomic E-state index is 12.7. The molecule has 32 heavy (non-hydrogen) atoms. The van der Waals surface area contributed by atoms with Crippen molar-refractivity contribution >= 4 is 29.5 Å². The van der Waals surface area contributed by atoms with Crippen LogP contribution in [0.15, 0.2) is 36.7 Å². The third-order valence-electron chi connectivity index (χ3n) is 5.07. The van der Waals surface area contributed by atoms with E-state index >= 15 is 0 Å². The zero-order chi connectivity index (χ0) is 23.3. The maximum Gasteiger partial charge on any atom is 0.410 e. The third kappa shape index (κ3) is 6.56. The number of halogens is 1. The minimum atomic E-state index is -0.887. The first-order chi connectivity index (χ1) is 15.1. The highest BCUT2D eigenvalue weighted by atomic mass is 35.5. The zero-order valence-corrected chi connectivity index (χ0v) is 19.4. The molecule has 2 heterocycles. The fraction of sp³-hybridized carbons (Fsp3) is 0.478. The molecule has 0 bridgehead atoms. The van der Waals surface area contributed by atoms with Gasteiger partial charge in [-0.1, -0.05) is 23.7 Å². The van der Waals surface area contributed by atoms with Gasteiger partial charge in [0.05, 0.1) is 30.6 Å². The van der Waals surface area contributed by atoms with Crippen molar-refractivity contribution in [2.45, 2.75) is 58.2 Å². The largest absolute Gasteiger partial charge is 0.481 e. The molecule has 1 aromatic carbocycles. The minimum Gasteiger partial charge on any atom is -0.481 e. The molecule has 0 aliphatic carbocycles. The number of aromatic nitrogens is 2. The van der Waals surface area contributed by atoms with Crippen LogP contribution in [0.3, 0.4) is 0 Å². The van der Waals surface area contributed by atoms with Crippen LogP contribution in [0.5, 0.6) is 0 Å². The van der Waals surface area contributed by atoms with Gasteiger partial charge in [-0.3, -0.25) is 14.7 Å². The summed E-state index contributed by atoms with van der Waals surface area (Å²) in [5.74, 6) is -0.322. The summed E-state index contributed by atoms with van der Waals surface area (Å²) in [6, 6.07) is 7.16. The van der Waals surface area contributed by atoms with Crippen molar-refractivity contribution in [1.82, 2.24) is 14.9 Å². The average Bonchev–Trinajstić information content (AvgIpc) is 3.21. The lowest BCUT2D eigenvalue weighted by Crippen LogP contribution is -2.36. The molecule has 1 N–H and O–H groups in total. The molecule has 3 rings (SSSR count). The lowest BCUT2D eigenvalue weighted by atomic mass is 10.1. The van der Waals surface area contributed by atoms with Gasteiger partial charge in [-0.2, -0.15) is 0 Å². The number of aliphatic carboxylic acids is 1. The predicted molar refractivity (Wildman–Crippen MR) is 122 cm³/mol. The highest BCUT2D eigenvalue weighted by Gasteiger charge is 2.34. The molecule has 8 nitrogen and oxygen atoms in total. The van der Waals surface area contributed by atoms with Gasteiger partial charge in [-0.05, 0) is 51.3 Å². The summed E-state index contributed by atoms with van der Waals surface area (Å²) in [5, 5.41) is 9.82. The van der Waals surface area contributed by atoms with Crippen LogP contribution in [0.4, 0.5) is 10.6 Å². The Morgan fingerprint density at radius 1 is 1.25 bits per heavy atom. The van der Waals surface area contributed by atoms with Crippen molar-refractivity contribution in [3.8, 4) is 0 Å². The molecule has 2 aromatic rings. The Morgan fingerprint density at radius 2 is 1.97 bits per heavy atom. The Morgan fingerprint density at radius 3 is 2.62 bits per heavy atom.